The second kappa shape index (κ2) is 6.58. The van der Waals surface area contributed by atoms with Crippen LogP contribution in [-0.2, 0) is 4.79 Å². The second-order valence-electron chi connectivity index (χ2n) is 4.80. The number of hydrogen-bond acceptors (Lipinski definition) is 1. The first kappa shape index (κ1) is 14.6. The van der Waals surface area contributed by atoms with Crippen LogP contribution in [0, 0.1) is 5.82 Å². The van der Waals surface area contributed by atoms with Gasteiger partial charge in [-0.3, -0.25) is 4.79 Å². The molecule has 1 saturated heterocycles. The van der Waals surface area contributed by atoms with Gasteiger partial charge in [-0.05, 0) is 36.6 Å². The molecule has 1 fully saturated rings. The molecule has 0 spiro atoms. The molecule has 5 heteroatoms. The van der Waals surface area contributed by atoms with E-state index in [2.05, 4.69) is 0 Å². The lowest BCUT2D eigenvalue weighted by molar-refractivity contribution is -0.130. The minimum absolute atomic E-state index is 0.162. The maximum absolute atomic E-state index is 13.3. The van der Waals surface area contributed by atoms with Gasteiger partial charge in [-0.1, -0.05) is 24.4 Å². The molecule has 0 aliphatic carbocycles. The first-order valence-electron chi connectivity index (χ1n) is 6.47. The van der Waals surface area contributed by atoms with Gasteiger partial charge in [-0.15, -0.1) is 11.6 Å². The summed E-state index contributed by atoms with van der Waals surface area (Å²) in [4.78, 5) is 14.1. The summed E-state index contributed by atoms with van der Waals surface area (Å²) in [5.41, 5.74) is 0.418. The van der Waals surface area contributed by atoms with Crippen LogP contribution in [0.3, 0.4) is 0 Å². The van der Waals surface area contributed by atoms with Crippen molar-refractivity contribution in [2.75, 3.05) is 13.1 Å². The first-order valence-corrected chi connectivity index (χ1v) is 7.28. The molecule has 0 bridgehead atoms. The standard InChI is InChI=1S/C14H16Cl2FNO/c15-11-7-10(8-12(17)9-11)13(16)14(19)18-5-3-1-2-4-6-18/h7-9,13H,1-6H2. The molecule has 1 atom stereocenters. The van der Waals surface area contributed by atoms with Crippen molar-refractivity contribution in [2.24, 2.45) is 0 Å². The Kier molecular flexibility index (Phi) is 5.06. The highest BCUT2D eigenvalue weighted by molar-refractivity contribution is 6.32. The predicted molar refractivity (Wildman–Crippen MR) is 75.1 cm³/mol. The van der Waals surface area contributed by atoms with Gasteiger partial charge in [0.2, 0.25) is 5.91 Å². The van der Waals surface area contributed by atoms with E-state index in [4.69, 9.17) is 23.2 Å². The van der Waals surface area contributed by atoms with Gasteiger partial charge in [0.25, 0.3) is 0 Å². The summed E-state index contributed by atoms with van der Waals surface area (Å²) in [7, 11) is 0. The van der Waals surface area contributed by atoms with Gasteiger partial charge in [0.05, 0.1) is 0 Å². The minimum atomic E-state index is -0.869. The molecule has 1 aliphatic heterocycles. The normalized spacial score (nSPS) is 17.9. The van der Waals surface area contributed by atoms with E-state index in [-0.39, 0.29) is 10.9 Å². The number of alkyl halides is 1. The van der Waals surface area contributed by atoms with Crippen LogP contribution in [0.5, 0.6) is 0 Å². The SMILES string of the molecule is O=C(C(Cl)c1cc(F)cc(Cl)c1)N1CCCCCC1. The van der Waals surface area contributed by atoms with Crippen molar-refractivity contribution >= 4 is 29.1 Å². The van der Waals surface area contributed by atoms with Crippen LogP contribution in [0.2, 0.25) is 5.02 Å². The van der Waals surface area contributed by atoms with Crippen molar-refractivity contribution in [3.63, 3.8) is 0 Å². The van der Waals surface area contributed by atoms with Crippen LogP contribution in [0.4, 0.5) is 4.39 Å². The van der Waals surface area contributed by atoms with Crippen LogP contribution >= 0.6 is 23.2 Å². The molecule has 1 aromatic carbocycles. The van der Waals surface area contributed by atoms with E-state index in [1.54, 1.807) is 4.90 Å². The van der Waals surface area contributed by atoms with Crippen molar-refractivity contribution in [1.29, 1.82) is 0 Å². The fourth-order valence-electron chi connectivity index (χ4n) is 2.32. The Bertz CT molecular complexity index is 439. The predicted octanol–water partition coefficient (Wildman–Crippen LogP) is 4.16. The van der Waals surface area contributed by atoms with Gasteiger partial charge in [0.1, 0.15) is 11.2 Å². The highest BCUT2D eigenvalue weighted by Crippen LogP contribution is 2.27. The average Bonchev–Trinajstić information content (AvgIpc) is 2.64. The van der Waals surface area contributed by atoms with Gasteiger partial charge in [0.15, 0.2) is 0 Å². The lowest BCUT2D eigenvalue weighted by Gasteiger charge is -2.23. The fourth-order valence-corrected chi connectivity index (χ4v) is 2.81. The summed E-state index contributed by atoms with van der Waals surface area (Å²) in [5.74, 6) is -0.637. The van der Waals surface area contributed by atoms with E-state index < -0.39 is 11.2 Å². The van der Waals surface area contributed by atoms with Gasteiger partial charge >= 0.3 is 0 Å². The number of nitrogens with zero attached hydrogens (tertiary/aromatic N) is 1. The molecule has 1 aromatic rings. The van der Waals surface area contributed by atoms with Crippen LogP contribution < -0.4 is 0 Å². The van der Waals surface area contributed by atoms with Gasteiger partial charge < -0.3 is 4.90 Å². The fraction of sp³-hybridized carbons (Fsp3) is 0.500. The van der Waals surface area contributed by atoms with Crippen LogP contribution in [-0.4, -0.2) is 23.9 Å². The third-order valence-electron chi connectivity index (χ3n) is 3.31. The zero-order chi connectivity index (χ0) is 13.8. The van der Waals surface area contributed by atoms with E-state index in [1.807, 2.05) is 0 Å². The molecular weight excluding hydrogens is 288 g/mol. The topological polar surface area (TPSA) is 20.3 Å². The molecule has 1 heterocycles. The molecule has 0 aromatic heterocycles. The van der Waals surface area contributed by atoms with E-state index in [9.17, 15) is 9.18 Å². The molecule has 0 radical (unpaired) electrons. The van der Waals surface area contributed by atoms with Crippen LogP contribution in [0.25, 0.3) is 0 Å². The molecular formula is C14H16Cl2FNO. The summed E-state index contributed by atoms with van der Waals surface area (Å²) in [6, 6.07) is 4.00. The quantitative estimate of drug-likeness (QED) is 0.751. The smallest absolute Gasteiger partial charge is 0.245 e. The zero-order valence-electron chi connectivity index (χ0n) is 10.5. The van der Waals surface area contributed by atoms with Crippen molar-refractivity contribution in [3.8, 4) is 0 Å². The molecule has 1 aliphatic rings. The summed E-state index contributed by atoms with van der Waals surface area (Å²) < 4.78 is 13.3. The maximum atomic E-state index is 13.3. The molecule has 0 saturated carbocycles. The summed E-state index contributed by atoms with van der Waals surface area (Å²) >= 11 is 12.0. The van der Waals surface area contributed by atoms with Crippen molar-refractivity contribution < 1.29 is 9.18 Å². The van der Waals surface area contributed by atoms with Gasteiger partial charge in [-0.25, -0.2) is 4.39 Å². The number of amides is 1. The minimum Gasteiger partial charge on any atom is -0.341 e. The lowest BCUT2D eigenvalue weighted by atomic mass is 10.1. The monoisotopic (exact) mass is 303 g/mol. The maximum Gasteiger partial charge on any atom is 0.245 e. The first-order chi connectivity index (χ1) is 9.08. The Hall–Kier alpha value is -0.800. The van der Waals surface area contributed by atoms with Crippen molar-refractivity contribution in [3.05, 3.63) is 34.6 Å². The van der Waals surface area contributed by atoms with Crippen LogP contribution in [0.15, 0.2) is 18.2 Å². The van der Waals surface area contributed by atoms with Crippen LogP contribution in [0.1, 0.15) is 36.6 Å². The molecule has 104 valence electrons. The number of likely N-dealkylation sites (tertiary alicyclic amines) is 1. The molecule has 2 nitrogen and oxygen atoms in total. The Morgan fingerprint density at radius 1 is 1.16 bits per heavy atom. The van der Waals surface area contributed by atoms with Gasteiger partial charge in [0, 0.05) is 18.1 Å². The number of rotatable bonds is 2. The van der Waals surface area contributed by atoms with Gasteiger partial charge in [-0.2, -0.15) is 0 Å². The van der Waals surface area contributed by atoms with Crippen molar-refractivity contribution in [1.82, 2.24) is 4.90 Å². The number of hydrogen-bond donors (Lipinski definition) is 0. The third kappa shape index (κ3) is 3.83. The summed E-state index contributed by atoms with van der Waals surface area (Å²) in [6.45, 7) is 1.45. The molecule has 0 N–H and O–H groups in total. The summed E-state index contributed by atoms with van der Waals surface area (Å²) in [5, 5.41) is -0.615. The molecule has 2 rings (SSSR count). The highest BCUT2D eigenvalue weighted by Gasteiger charge is 2.25. The van der Waals surface area contributed by atoms with E-state index in [1.165, 1.54) is 18.2 Å². The highest BCUT2D eigenvalue weighted by atomic mass is 35.5. The van der Waals surface area contributed by atoms with Crippen molar-refractivity contribution in [2.45, 2.75) is 31.1 Å². The second-order valence-corrected chi connectivity index (χ2v) is 5.68. The zero-order valence-corrected chi connectivity index (χ0v) is 12.1. The Morgan fingerprint density at radius 3 is 2.37 bits per heavy atom. The number of carbonyl (C=O) groups is 1. The number of carbonyl (C=O) groups excluding carboxylic acids is 1. The lowest BCUT2D eigenvalue weighted by Crippen LogP contribution is -2.34. The van der Waals surface area contributed by atoms with E-state index in [0.717, 1.165) is 38.8 Å². The van der Waals surface area contributed by atoms with E-state index >= 15 is 0 Å². The third-order valence-corrected chi connectivity index (χ3v) is 3.97. The average molecular weight is 304 g/mol. The number of benzene rings is 1. The van der Waals surface area contributed by atoms with E-state index in [0.29, 0.717) is 5.56 Å². The molecule has 19 heavy (non-hydrogen) atoms. The molecule has 1 unspecified atom stereocenters. The Labute approximate surface area is 122 Å². The Morgan fingerprint density at radius 2 is 1.79 bits per heavy atom. The molecule has 1 amide bonds. The number of halogens is 3. The summed E-state index contributed by atoms with van der Waals surface area (Å²) in [6.07, 6.45) is 4.28. The largest absolute Gasteiger partial charge is 0.341 e. The Balaban J connectivity index is 2.13.